The molecule has 7 rings (SSSR count). The van der Waals surface area contributed by atoms with E-state index in [-0.39, 0.29) is 24.4 Å². The van der Waals surface area contributed by atoms with Crippen LogP contribution in [0.5, 0.6) is 0 Å². The van der Waals surface area contributed by atoms with Crippen molar-refractivity contribution in [1.29, 1.82) is 0 Å². The minimum absolute atomic E-state index is 0.0567. The number of anilines is 1. The van der Waals surface area contributed by atoms with Crippen LogP contribution in [0.25, 0.3) is 16.9 Å². The molecule has 212 valence electrons. The van der Waals surface area contributed by atoms with Crippen LogP contribution in [0.4, 0.5) is 10.1 Å². The zero-order valence-corrected chi connectivity index (χ0v) is 23.5. The van der Waals surface area contributed by atoms with Gasteiger partial charge in [0.15, 0.2) is 5.65 Å². The number of amides is 1. The third kappa shape index (κ3) is 4.66. The molecular formula is C30H31FN6O3S. The summed E-state index contributed by atoms with van der Waals surface area (Å²) in [7, 11) is -3.64. The number of hydrogen-bond donors (Lipinski definition) is 1. The van der Waals surface area contributed by atoms with Gasteiger partial charge in [-0.1, -0.05) is 24.3 Å². The number of hydrogen-bond acceptors (Lipinski definition) is 6. The average molecular weight is 575 g/mol. The molecule has 1 amide bonds. The summed E-state index contributed by atoms with van der Waals surface area (Å²) in [4.78, 5) is 22.2. The Morgan fingerprint density at radius 3 is 2.59 bits per heavy atom. The van der Waals surface area contributed by atoms with Crippen LogP contribution in [0, 0.1) is 5.82 Å². The fraction of sp³-hybridized carbons (Fsp3) is 0.367. The summed E-state index contributed by atoms with van der Waals surface area (Å²) < 4.78 is 40.7. The third-order valence-corrected chi connectivity index (χ3v) is 10.0. The Morgan fingerprint density at radius 1 is 1.05 bits per heavy atom. The van der Waals surface area contributed by atoms with Crippen LogP contribution in [0.15, 0.2) is 54.6 Å². The quantitative estimate of drug-likeness (QED) is 0.385. The first-order valence-corrected chi connectivity index (χ1v) is 15.6. The summed E-state index contributed by atoms with van der Waals surface area (Å²) in [5.74, 6) is -0.290. The molecule has 2 aromatic carbocycles. The molecule has 2 aliphatic heterocycles. The Morgan fingerprint density at radius 2 is 1.85 bits per heavy atom. The van der Waals surface area contributed by atoms with Gasteiger partial charge in [-0.3, -0.25) is 4.79 Å². The number of sulfonamides is 1. The van der Waals surface area contributed by atoms with E-state index in [1.165, 1.54) is 11.6 Å². The van der Waals surface area contributed by atoms with E-state index >= 15 is 4.39 Å². The van der Waals surface area contributed by atoms with Gasteiger partial charge in [0.2, 0.25) is 10.0 Å². The second-order valence-electron chi connectivity index (χ2n) is 11.4. The van der Waals surface area contributed by atoms with Crippen LogP contribution in [0.1, 0.15) is 65.5 Å². The summed E-state index contributed by atoms with van der Waals surface area (Å²) in [5.41, 5.74) is 5.59. The molecule has 4 heterocycles. The lowest BCUT2D eigenvalue weighted by Gasteiger charge is -2.35. The van der Waals surface area contributed by atoms with Crippen molar-refractivity contribution in [2.24, 2.45) is 5.14 Å². The smallest absolute Gasteiger partial charge is 0.273 e. The highest BCUT2D eigenvalue weighted by Gasteiger charge is 2.33. The van der Waals surface area contributed by atoms with E-state index in [9.17, 15) is 13.2 Å². The van der Waals surface area contributed by atoms with Gasteiger partial charge in [0, 0.05) is 48.6 Å². The lowest BCUT2D eigenvalue weighted by Crippen LogP contribution is -2.39. The molecule has 41 heavy (non-hydrogen) atoms. The van der Waals surface area contributed by atoms with Gasteiger partial charge in [-0.25, -0.2) is 27.4 Å². The van der Waals surface area contributed by atoms with E-state index in [4.69, 9.17) is 15.2 Å². The van der Waals surface area contributed by atoms with Gasteiger partial charge in [0.05, 0.1) is 17.0 Å². The van der Waals surface area contributed by atoms with Crippen LogP contribution in [0.3, 0.4) is 0 Å². The van der Waals surface area contributed by atoms with Gasteiger partial charge in [-0.2, -0.15) is 5.10 Å². The molecule has 4 aromatic rings. The molecule has 1 saturated heterocycles. The monoisotopic (exact) mass is 574 g/mol. The van der Waals surface area contributed by atoms with Gasteiger partial charge in [0.1, 0.15) is 11.5 Å². The van der Waals surface area contributed by atoms with Crippen molar-refractivity contribution in [3.8, 4) is 11.3 Å². The molecular weight excluding hydrogens is 543 g/mol. The molecule has 0 spiro atoms. The minimum Gasteiger partial charge on any atom is -0.370 e. The molecule has 0 bridgehead atoms. The van der Waals surface area contributed by atoms with Crippen molar-refractivity contribution in [2.45, 2.75) is 49.8 Å². The number of benzene rings is 2. The fourth-order valence-electron chi connectivity index (χ4n) is 6.24. The number of rotatable bonds is 5. The van der Waals surface area contributed by atoms with E-state index < -0.39 is 21.1 Å². The highest BCUT2D eigenvalue weighted by atomic mass is 32.2. The van der Waals surface area contributed by atoms with Gasteiger partial charge in [-0.15, -0.1) is 0 Å². The zero-order chi connectivity index (χ0) is 28.5. The maximum Gasteiger partial charge on any atom is 0.273 e. The number of carbonyl (C=O) groups is 1. The van der Waals surface area contributed by atoms with E-state index in [1.807, 2.05) is 28.0 Å². The standard InChI is InChI=1S/C30H31FN6O3S/c1-18-23-5-3-2-4-19(23)10-13-36(18)30(38)27-15-28(20-6-7-20)37-29(33-27)16-26(34-37)24-9-8-21(14-25(24)31)35-12-11-22(17-35)41(32,39)40/h2-5,8-9,14-16,18,20,22H,6-7,10-13,17H2,1H3,(H2,32,39,40)/t18-,22?/m1/s1. The second-order valence-corrected chi connectivity index (χ2v) is 13.2. The molecule has 1 aliphatic carbocycles. The van der Waals surface area contributed by atoms with Crippen molar-refractivity contribution in [2.75, 3.05) is 24.5 Å². The van der Waals surface area contributed by atoms with Gasteiger partial charge in [0.25, 0.3) is 5.91 Å². The van der Waals surface area contributed by atoms with E-state index in [0.29, 0.717) is 47.8 Å². The summed E-state index contributed by atoms with van der Waals surface area (Å²) in [6.45, 7) is 3.40. The Balaban J connectivity index is 1.20. The Labute approximate surface area is 237 Å². The molecule has 2 aromatic heterocycles. The van der Waals surface area contributed by atoms with Crippen LogP contribution < -0.4 is 10.0 Å². The third-order valence-electron chi connectivity index (χ3n) is 8.73. The average Bonchev–Trinajstić information content (AvgIpc) is 3.49. The normalized spacial score (nSPS) is 21.0. The lowest BCUT2D eigenvalue weighted by molar-refractivity contribution is 0.0671. The van der Waals surface area contributed by atoms with Crippen molar-refractivity contribution >= 4 is 27.3 Å². The van der Waals surface area contributed by atoms with Crippen molar-refractivity contribution in [3.63, 3.8) is 0 Å². The number of halogens is 1. The van der Waals surface area contributed by atoms with Gasteiger partial charge >= 0.3 is 0 Å². The minimum atomic E-state index is -3.64. The summed E-state index contributed by atoms with van der Waals surface area (Å²) in [5, 5.41) is 9.37. The number of nitrogens with zero attached hydrogens (tertiary/aromatic N) is 5. The first-order valence-electron chi connectivity index (χ1n) is 14.0. The van der Waals surface area contributed by atoms with E-state index in [0.717, 1.165) is 30.5 Å². The Kier molecular flexibility index (Phi) is 6.13. The van der Waals surface area contributed by atoms with E-state index in [1.54, 1.807) is 22.7 Å². The number of carbonyl (C=O) groups excluding carboxylic acids is 1. The second kappa shape index (κ2) is 9.63. The van der Waals surface area contributed by atoms with Crippen LogP contribution in [0.2, 0.25) is 0 Å². The van der Waals surface area contributed by atoms with Crippen LogP contribution >= 0.6 is 0 Å². The Hall–Kier alpha value is -3.83. The summed E-state index contributed by atoms with van der Waals surface area (Å²) in [6.07, 6.45) is 3.23. The summed E-state index contributed by atoms with van der Waals surface area (Å²) >= 11 is 0. The SMILES string of the molecule is C[C@@H]1c2ccccc2CCN1C(=O)c1cc(C2CC2)n2nc(-c3ccc(N4CCC(S(N)(=O)=O)C4)cc3F)cc2n1. The van der Waals surface area contributed by atoms with Crippen molar-refractivity contribution in [3.05, 3.63) is 82.9 Å². The molecule has 2 atom stereocenters. The largest absolute Gasteiger partial charge is 0.370 e. The van der Waals surface area contributed by atoms with Gasteiger partial charge in [-0.05, 0) is 68.0 Å². The first-order chi connectivity index (χ1) is 19.7. The predicted octanol–water partition coefficient (Wildman–Crippen LogP) is 4.04. The highest BCUT2D eigenvalue weighted by molar-refractivity contribution is 7.89. The number of aromatic nitrogens is 3. The summed E-state index contributed by atoms with van der Waals surface area (Å²) in [6, 6.07) is 16.6. The number of nitrogens with two attached hydrogens (primary N) is 1. The highest BCUT2D eigenvalue weighted by Crippen LogP contribution is 2.41. The van der Waals surface area contributed by atoms with Crippen LogP contribution in [-0.4, -0.2) is 58.7 Å². The predicted molar refractivity (Wildman–Crippen MR) is 154 cm³/mol. The molecule has 1 unspecified atom stereocenters. The van der Waals surface area contributed by atoms with Crippen molar-refractivity contribution < 1.29 is 17.6 Å². The zero-order valence-electron chi connectivity index (χ0n) is 22.7. The first kappa shape index (κ1) is 26.1. The number of primary sulfonamides is 1. The molecule has 11 heteroatoms. The van der Waals surface area contributed by atoms with E-state index in [2.05, 4.69) is 19.1 Å². The fourth-order valence-corrected chi connectivity index (χ4v) is 7.07. The lowest BCUT2D eigenvalue weighted by atomic mass is 9.93. The van der Waals surface area contributed by atoms with Crippen molar-refractivity contribution in [1.82, 2.24) is 19.5 Å². The van der Waals surface area contributed by atoms with Gasteiger partial charge < -0.3 is 9.80 Å². The molecule has 9 nitrogen and oxygen atoms in total. The number of fused-ring (bicyclic) bond motifs is 2. The molecule has 2 N–H and O–H groups in total. The maximum atomic E-state index is 15.4. The topological polar surface area (TPSA) is 114 Å². The maximum absolute atomic E-state index is 15.4. The van der Waals surface area contributed by atoms with Crippen LogP contribution in [-0.2, 0) is 16.4 Å². The molecule has 2 fully saturated rings. The Bertz CT molecular complexity index is 1800. The molecule has 0 radical (unpaired) electrons. The molecule has 1 saturated carbocycles. The molecule has 3 aliphatic rings.